The summed E-state index contributed by atoms with van der Waals surface area (Å²) >= 11 is 0. The van der Waals surface area contributed by atoms with Gasteiger partial charge in [-0.1, -0.05) is 37.8 Å². The molecule has 5 atom stereocenters. The molecule has 1 spiro atoms. The molecule has 60 heavy (non-hydrogen) atoms. The summed E-state index contributed by atoms with van der Waals surface area (Å²) in [7, 11) is -4.67. The number of halogens is 1. The number of carbonyl (C=O) groups excluding carboxylic acids is 5. The fourth-order valence-corrected chi connectivity index (χ4v) is 9.91. The van der Waals surface area contributed by atoms with Crippen LogP contribution in [0.5, 0.6) is 0 Å². The minimum Gasteiger partial charge on any atom is -0.446 e. The van der Waals surface area contributed by atoms with Crippen LogP contribution in [0.1, 0.15) is 93.7 Å². The van der Waals surface area contributed by atoms with E-state index < -0.39 is 80.3 Å². The van der Waals surface area contributed by atoms with Gasteiger partial charge in [-0.3, -0.25) is 19.3 Å². The maximum atomic E-state index is 14.6. The number of rotatable bonds is 4. The van der Waals surface area contributed by atoms with Crippen LogP contribution in [0.3, 0.4) is 0 Å². The quantitative estimate of drug-likeness (QED) is 0.315. The van der Waals surface area contributed by atoms with E-state index in [0.29, 0.717) is 44.2 Å². The highest BCUT2D eigenvalue weighted by Crippen LogP contribution is 2.45. The number of carbonyl (C=O) groups is 5. The molecule has 2 aromatic carbocycles. The van der Waals surface area contributed by atoms with Crippen molar-refractivity contribution in [3.05, 3.63) is 71.6 Å². The van der Waals surface area contributed by atoms with E-state index in [4.69, 9.17) is 9.47 Å². The summed E-state index contributed by atoms with van der Waals surface area (Å²) in [6.45, 7) is 4.31. The average molecular weight is 848 g/mol. The standard InChI is InChI=1S/C42H50FN7O9S/c1-2-29-21-42(29)39(53)48-60(56,57)36-19-30(43)15-16-33(36)45-17-9-5-3-4-6-12-34(46-40(54)58-31-10-7-8-11-31)38(52)50-25-32(20-35(50)37(51)47-42)59-41(55)49-23-27-14-13-26(22-44)18-28(27)24-49/h2,13-16,18-19,29,31-32,34-35,45H,1,3-12,17,20-21,23-25H2,(H,46,54)(H,47,51)(H,48,53)/t29-,32-,34+,35+,42-/m1/s1. The van der Waals surface area contributed by atoms with Crippen LogP contribution in [0, 0.1) is 23.1 Å². The number of hydrogen-bond acceptors (Lipinski definition) is 11. The minimum absolute atomic E-state index is 0.0167. The molecular formula is C42H50FN7O9S. The number of ether oxygens (including phenoxy) is 2. The second kappa shape index (κ2) is 17.9. The summed E-state index contributed by atoms with van der Waals surface area (Å²) in [5.41, 5.74) is 0.407. The van der Waals surface area contributed by atoms with Gasteiger partial charge in [0.2, 0.25) is 11.8 Å². The van der Waals surface area contributed by atoms with Gasteiger partial charge in [0.05, 0.1) is 23.9 Å². The van der Waals surface area contributed by atoms with Crippen molar-refractivity contribution in [2.24, 2.45) is 5.92 Å². The molecule has 7 rings (SSSR count). The van der Waals surface area contributed by atoms with Crippen LogP contribution in [0.15, 0.2) is 53.9 Å². The Kier molecular flexibility index (Phi) is 12.6. The number of benzene rings is 2. The van der Waals surface area contributed by atoms with Gasteiger partial charge >= 0.3 is 12.2 Å². The first kappa shape index (κ1) is 42.4. The molecule has 3 heterocycles. The molecule has 1 saturated heterocycles. The second-order valence-electron chi connectivity index (χ2n) is 16.3. The van der Waals surface area contributed by atoms with Gasteiger partial charge in [0.1, 0.15) is 40.5 Å². The molecule has 5 aliphatic rings. The van der Waals surface area contributed by atoms with E-state index in [0.717, 1.165) is 48.9 Å². The van der Waals surface area contributed by atoms with Crippen LogP contribution in [0.25, 0.3) is 0 Å². The lowest BCUT2D eigenvalue weighted by Gasteiger charge is -2.30. The molecule has 5 amide bonds. The van der Waals surface area contributed by atoms with Crippen molar-refractivity contribution >= 4 is 45.6 Å². The van der Waals surface area contributed by atoms with Gasteiger partial charge in [0, 0.05) is 32.0 Å². The summed E-state index contributed by atoms with van der Waals surface area (Å²) in [6.07, 6.45) is 5.36. The van der Waals surface area contributed by atoms with Crippen molar-refractivity contribution in [2.75, 3.05) is 18.4 Å². The van der Waals surface area contributed by atoms with E-state index in [-0.39, 0.29) is 50.7 Å². The molecule has 0 radical (unpaired) electrons. The molecule has 3 aliphatic heterocycles. The summed E-state index contributed by atoms with van der Waals surface area (Å²) in [4.78, 5) is 72.0. The van der Waals surface area contributed by atoms with Crippen molar-refractivity contribution < 1.29 is 46.3 Å². The van der Waals surface area contributed by atoms with Gasteiger partial charge < -0.3 is 30.3 Å². The predicted octanol–water partition coefficient (Wildman–Crippen LogP) is 4.49. The maximum Gasteiger partial charge on any atom is 0.410 e. The highest BCUT2D eigenvalue weighted by Gasteiger charge is 2.61. The van der Waals surface area contributed by atoms with E-state index in [9.17, 15) is 42.0 Å². The lowest BCUT2D eigenvalue weighted by atomic mass is 10.0. The average Bonchev–Trinajstić information content (AvgIpc) is 3.61. The van der Waals surface area contributed by atoms with Gasteiger partial charge in [0.25, 0.3) is 15.9 Å². The normalized spacial score (nSPS) is 27.2. The first-order valence-corrected chi connectivity index (χ1v) is 22.1. The smallest absolute Gasteiger partial charge is 0.410 e. The molecule has 2 aromatic rings. The summed E-state index contributed by atoms with van der Waals surface area (Å²) in [5.74, 6) is -4.02. The fourth-order valence-electron chi connectivity index (χ4n) is 8.67. The third-order valence-corrected chi connectivity index (χ3v) is 13.5. The maximum absolute atomic E-state index is 14.6. The molecule has 0 unspecified atom stereocenters. The molecule has 2 saturated carbocycles. The molecule has 2 aliphatic carbocycles. The zero-order chi connectivity index (χ0) is 42.6. The van der Waals surface area contributed by atoms with Gasteiger partial charge in [-0.25, -0.2) is 27.1 Å². The second-order valence-corrected chi connectivity index (χ2v) is 17.9. The van der Waals surface area contributed by atoms with Crippen molar-refractivity contribution in [1.82, 2.24) is 25.2 Å². The third-order valence-electron chi connectivity index (χ3n) is 12.1. The number of amides is 5. The van der Waals surface area contributed by atoms with E-state index >= 15 is 0 Å². The number of nitriles is 1. The van der Waals surface area contributed by atoms with Gasteiger partial charge in [0.15, 0.2) is 0 Å². The van der Waals surface area contributed by atoms with Crippen molar-refractivity contribution in [3.63, 3.8) is 0 Å². The Morgan fingerprint density at radius 2 is 1.68 bits per heavy atom. The minimum atomic E-state index is -4.67. The monoisotopic (exact) mass is 847 g/mol. The highest BCUT2D eigenvalue weighted by molar-refractivity contribution is 7.90. The Morgan fingerprint density at radius 1 is 0.950 bits per heavy atom. The number of fused-ring (bicyclic) bond motifs is 3. The Hall–Kier alpha value is -5.70. The Morgan fingerprint density at radius 3 is 2.43 bits per heavy atom. The number of nitrogens with zero attached hydrogens (tertiary/aromatic N) is 3. The molecule has 4 N–H and O–H groups in total. The third kappa shape index (κ3) is 9.35. The van der Waals surface area contributed by atoms with E-state index in [1.807, 2.05) is 4.72 Å². The number of hydrogen-bond donors (Lipinski definition) is 4. The van der Waals surface area contributed by atoms with Crippen LogP contribution in [0.2, 0.25) is 0 Å². The van der Waals surface area contributed by atoms with Gasteiger partial charge in [-0.05, 0) is 86.4 Å². The highest BCUT2D eigenvalue weighted by atomic mass is 32.2. The van der Waals surface area contributed by atoms with Gasteiger partial charge in [-0.2, -0.15) is 5.26 Å². The number of sulfonamides is 1. The van der Waals surface area contributed by atoms with Crippen molar-refractivity contribution in [2.45, 2.75) is 125 Å². The summed E-state index contributed by atoms with van der Waals surface area (Å²) < 4.78 is 55.5. The molecule has 0 bridgehead atoms. The topological polar surface area (TPSA) is 216 Å². The number of anilines is 1. The predicted molar refractivity (Wildman–Crippen MR) is 214 cm³/mol. The Labute approximate surface area is 348 Å². The van der Waals surface area contributed by atoms with Crippen LogP contribution < -0.4 is 20.7 Å². The van der Waals surface area contributed by atoms with E-state index in [2.05, 4.69) is 28.6 Å². The van der Waals surface area contributed by atoms with Gasteiger partial charge in [-0.15, -0.1) is 6.58 Å². The number of alkyl carbamates (subject to hydrolysis) is 1. The van der Waals surface area contributed by atoms with E-state index in [1.54, 1.807) is 18.2 Å². The molecule has 0 aromatic heterocycles. The van der Waals surface area contributed by atoms with Crippen molar-refractivity contribution in [3.8, 4) is 6.07 Å². The van der Waals surface area contributed by atoms with Crippen LogP contribution in [-0.2, 0) is 47.0 Å². The lowest BCUT2D eigenvalue weighted by Crippen LogP contribution is -2.58. The molecular weight excluding hydrogens is 798 g/mol. The Balaban J connectivity index is 1.16. The van der Waals surface area contributed by atoms with E-state index in [1.165, 1.54) is 21.9 Å². The van der Waals surface area contributed by atoms with Crippen LogP contribution in [0.4, 0.5) is 19.7 Å². The fraction of sp³-hybridized carbons (Fsp3) is 0.524. The van der Waals surface area contributed by atoms with Crippen LogP contribution in [-0.4, -0.2) is 91.0 Å². The molecule has 3 fully saturated rings. The zero-order valence-corrected chi connectivity index (χ0v) is 34.1. The first-order valence-electron chi connectivity index (χ1n) is 20.6. The molecule has 18 heteroatoms. The largest absolute Gasteiger partial charge is 0.446 e. The summed E-state index contributed by atoms with van der Waals surface area (Å²) in [5, 5.41) is 17.8. The Bertz CT molecular complexity index is 2190. The zero-order valence-electron chi connectivity index (χ0n) is 33.3. The van der Waals surface area contributed by atoms with Crippen molar-refractivity contribution in [1.29, 1.82) is 5.26 Å². The first-order chi connectivity index (χ1) is 28.8. The molecule has 16 nitrogen and oxygen atoms in total. The molecule has 320 valence electrons. The number of nitrogens with one attached hydrogen (secondary N) is 4. The lowest BCUT2D eigenvalue weighted by molar-refractivity contribution is -0.141. The van der Waals surface area contributed by atoms with Crippen LogP contribution >= 0.6 is 0 Å². The summed E-state index contributed by atoms with van der Waals surface area (Å²) in [6, 6.07) is 8.04. The SMILES string of the molecule is C=C[C@@H]1C[C@@]12NC(=O)[C@@H]1C[C@@H](OC(=O)N3Cc4ccc(C#N)cc4C3)CN1C(=O)[C@@H](NC(=O)OC1CCCC1)CCCCCCCNc1ccc(F)cc1S(=O)(=O)NC2=O.